The quantitative estimate of drug-likeness (QED) is 0.833. The van der Waals surface area contributed by atoms with Crippen LogP contribution in [-0.2, 0) is 4.79 Å². The normalized spacial score (nSPS) is 15.8. The van der Waals surface area contributed by atoms with Gasteiger partial charge in [-0.05, 0) is 32.4 Å². The zero-order valence-electron chi connectivity index (χ0n) is 14.2. The summed E-state index contributed by atoms with van der Waals surface area (Å²) in [5.74, 6) is 0.209. The van der Waals surface area contributed by atoms with Crippen LogP contribution in [0.15, 0.2) is 24.3 Å². The van der Waals surface area contributed by atoms with Crippen LogP contribution in [0.25, 0.3) is 0 Å². The van der Waals surface area contributed by atoms with Crippen molar-refractivity contribution < 1.29 is 4.79 Å². The molecule has 2 rings (SSSR count). The Morgan fingerprint density at radius 1 is 1.17 bits per heavy atom. The Morgan fingerprint density at radius 2 is 1.91 bits per heavy atom. The average molecular weight is 314 g/mol. The van der Waals surface area contributed by atoms with Gasteiger partial charge in [0.1, 0.15) is 6.07 Å². The highest BCUT2D eigenvalue weighted by atomic mass is 16.2. The smallest absolute Gasteiger partial charge is 0.236 e. The lowest BCUT2D eigenvalue weighted by molar-refractivity contribution is -0.132. The third-order valence-electron chi connectivity index (χ3n) is 4.43. The van der Waals surface area contributed by atoms with Crippen molar-refractivity contribution in [3.8, 4) is 6.07 Å². The first-order valence-electron chi connectivity index (χ1n) is 8.43. The van der Waals surface area contributed by atoms with Crippen molar-refractivity contribution in [1.29, 1.82) is 5.26 Å². The lowest BCUT2D eigenvalue weighted by Gasteiger charge is -2.26. The summed E-state index contributed by atoms with van der Waals surface area (Å²) in [4.78, 5) is 18.6. The molecule has 0 bridgehead atoms. The average Bonchev–Trinajstić information content (AvgIpc) is 2.81. The highest BCUT2D eigenvalue weighted by Gasteiger charge is 2.20. The van der Waals surface area contributed by atoms with Crippen LogP contribution in [0.3, 0.4) is 0 Å². The summed E-state index contributed by atoms with van der Waals surface area (Å²) in [6.07, 6.45) is 1.01. The van der Waals surface area contributed by atoms with Gasteiger partial charge in [-0.3, -0.25) is 9.69 Å². The molecular weight excluding hydrogens is 288 g/mol. The van der Waals surface area contributed by atoms with E-state index in [1.54, 1.807) is 0 Å². The second-order valence-corrected chi connectivity index (χ2v) is 5.81. The van der Waals surface area contributed by atoms with Crippen LogP contribution in [0.1, 0.15) is 25.8 Å². The van der Waals surface area contributed by atoms with E-state index in [0.717, 1.165) is 56.9 Å². The summed E-state index contributed by atoms with van der Waals surface area (Å²) in [6, 6.07) is 10.0. The number of para-hydroxylation sites is 1. The fourth-order valence-corrected chi connectivity index (χ4v) is 3.08. The molecule has 1 aromatic carbocycles. The van der Waals surface area contributed by atoms with Crippen molar-refractivity contribution in [3.63, 3.8) is 0 Å². The lowest BCUT2D eigenvalue weighted by Crippen LogP contribution is -2.41. The van der Waals surface area contributed by atoms with Gasteiger partial charge in [0.05, 0.1) is 17.8 Å². The maximum absolute atomic E-state index is 12.3. The van der Waals surface area contributed by atoms with E-state index in [4.69, 9.17) is 0 Å². The molecule has 0 saturated carbocycles. The van der Waals surface area contributed by atoms with E-state index >= 15 is 0 Å². The Kier molecular flexibility index (Phi) is 6.42. The van der Waals surface area contributed by atoms with Crippen LogP contribution in [0.4, 0.5) is 5.69 Å². The zero-order valence-corrected chi connectivity index (χ0v) is 14.2. The minimum atomic E-state index is 0.209. The van der Waals surface area contributed by atoms with Gasteiger partial charge in [0, 0.05) is 39.3 Å². The van der Waals surface area contributed by atoms with E-state index < -0.39 is 0 Å². The highest BCUT2D eigenvalue weighted by Crippen LogP contribution is 2.21. The van der Waals surface area contributed by atoms with Gasteiger partial charge in [-0.1, -0.05) is 12.1 Å². The van der Waals surface area contributed by atoms with Crippen molar-refractivity contribution in [3.05, 3.63) is 29.8 Å². The van der Waals surface area contributed by atoms with E-state index in [-0.39, 0.29) is 5.91 Å². The first-order chi connectivity index (χ1) is 11.2. The number of nitrogens with zero attached hydrogens (tertiary/aromatic N) is 4. The molecule has 1 fully saturated rings. The number of hydrogen-bond donors (Lipinski definition) is 0. The molecule has 0 aromatic heterocycles. The molecule has 124 valence electrons. The van der Waals surface area contributed by atoms with Gasteiger partial charge in [0.25, 0.3) is 0 Å². The molecular formula is C18H26N4O. The minimum Gasteiger partial charge on any atom is -0.369 e. The number of rotatable bonds is 5. The maximum Gasteiger partial charge on any atom is 0.236 e. The number of amides is 1. The lowest BCUT2D eigenvalue weighted by atomic mass is 10.1. The second-order valence-electron chi connectivity index (χ2n) is 5.81. The minimum absolute atomic E-state index is 0.209. The fraction of sp³-hybridized carbons (Fsp3) is 0.556. The summed E-state index contributed by atoms with van der Waals surface area (Å²) in [6.45, 7) is 9.63. The number of anilines is 1. The number of carbonyl (C=O) groups is 1. The van der Waals surface area contributed by atoms with Gasteiger partial charge in [0.2, 0.25) is 5.91 Å². The second kappa shape index (κ2) is 8.54. The number of hydrogen-bond acceptors (Lipinski definition) is 4. The Morgan fingerprint density at radius 3 is 2.61 bits per heavy atom. The molecule has 5 heteroatoms. The van der Waals surface area contributed by atoms with Crippen molar-refractivity contribution >= 4 is 11.6 Å². The van der Waals surface area contributed by atoms with E-state index in [1.807, 2.05) is 43.0 Å². The van der Waals surface area contributed by atoms with Crippen molar-refractivity contribution in [1.82, 2.24) is 9.80 Å². The SMILES string of the molecule is CCN(CC)C(=O)CN1CCCN(c2ccccc2C#N)CC1. The number of carbonyl (C=O) groups excluding carboxylic acids is 1. The van der Waals surface area contributed by atoms with Gasteiger partial charge < -0.3 is 9.80 Å². The van der Waals surface area contributed by atoms with E-state index in [0.29, 0.717) is 6.54 Å². The van der Waals surface area contributed by atoms with E-state index in [1.165, 1.54) is 0 Å². The first kappa shape index (κ1) is 17.3. The molecule has 0 radical (unpaired) electrons. The molecule has 1 saturated heterocycles. The molecule has 1 aliphatic heterocycles. The van der Waals surface area contributed by atoms with Gasteiger partial charge >= 0.3 is 0 Å². The van der Waals surface area contributed by atoms with Crippen molar-refractivity contribution in [2.75, 3.05) is 50.7 Å². The Hall–Kier alpha value is -2.06. The third-order valence-corrected chi connectivity index (χ3v) is 4.43. The molecule has 0 spiro atoms. The van der Waals surface area contributed by atoms with Crippen molar-refractivity contribution in [2.24, 2.45) is 0 Å². The van der Waals surface area contributed by atoms with Gasteiger partial charge in [0.15, 0.2) is 0 Å². The van der Waals surface area contributed by atoms with Crippen LogP contribution in [0.5, 0.6) is 0 Å². The zero-order chi connectivity index (χ0) is 16.7. The Labute approximate surface area is 139 Å². The van der Waals surface area contributed by atoms with Crippen molar-refractivity contribution in [2.45, 2.75) is 20.3 Å². The standard InChI is InChI=1S/C18H26N4O/c1-3-21(4-2)18(23)15-20-10-7-11-22(13-12-20)17-9-6-5-8-16(17)14-19/h5-6,8-9H,3-4,7,10-13,15H2,1-2H3. The molecule has 0 aliphatic carbocycles. The largest absolute Gasteiger partial charge is 0.369 e. The molecule has 1 heterocycles. The summed E-state index contributed by atoms with van der Waals surface area (Å²) in [5.41, 5.74) is 1.73. The molecule has 5 nitrogen and oxygen atoms in total. The van der Waals surface area contributed by atoms with Crippen LogP contribution in [0.2, 0.25) is 0 Å². The molecule has 1 aromatic rings. The van der Waals surface area contributed by atoms with Crippen LogP contribution < -0.4 is 4.90 Å². The summed E-state index contributed by atoms with van der Waals surface area (Å²) >= 11 is 0. The van der Waals surface area contributed by atoms with Gasteiger partial charge in [-0.2, -0.15) is 5.26 Å². The number of nitriles is 1. The third kappa shape index (κ3) is 4.46. The molecule has 0 N–H and O–H groups in total. The summed E-state index contributed by atoms with van der Waals surface area (Å²) < 4.78 is 0. The van der Waals surface area contributed by atoms with Crippen LogP contribution in [0, 0.1) is 11.3 Å². The molecule has 23 heavy (non-hydrogen) atoms. The topological polar surface area (TPSA) is 50.6 Å². The number of likely N-dealkylation sites (N-methyl/N-ethyl adjacent to an activating group) is 1. The van der Waals surface area contributed by atoms with Gasteiger partial charge in [-0.25, -0.2) is 0 Å². The highest BCUT2D eigenvalue weighted by molar-refractivity contribution is 5.78. The molecule has 0 atom stereocenters. The monoisotopic (exact) mass is 314 g/mol. The Balaban J connectivity index is 1.97. The van der Waals surface area contributed by atoms with Crippen LogP contribution >= 0.6 is 0 Å². The molecule has 0 unspecified atom stereocenters. The van der Waals surface area contributed by atoms with Crippen LogP contribution in [-0.4, -0.2) is 61.5 Å². The van der Waals surface area contributed by atoms with E-state index in [2.05, 4.69) is 15.9 Å². The molecule has 1 amide bonds. The maximum atomic E-state index is 12.3. The predicted octanol–water partition coefficient (Wildman–Crippen LogP) is 1.94. The van der Waals surface area contributed by atoms with Gasteiger partial charge in [-0.15, -0.1) is 0 Å². The molecule has 1 aliphatic rings. The first-order valence-corrected chi connectivity index (χ1v) is 8.43. The Bertz CT molecular complexity index is 562. The predicted molar refractivity (Wildman–Crippen MR) is 92.4 cm³/mol. The fourth-order valence-electron chi connectivity index (χ4n) is 3.08. The summed E-state index contributed by atoms with van der Waals surface area (Å²) in [7, 11) is 0. The summed E-state index contributed by atoms with van der Waals surface area (Å²) in [5, 5.41) is 9.27. The van der Waals surface area contributed by atoms with E-state index in [9.17, 15) is 10.1 Å². The number of benzene rings is 1.